The zero-order valence-electron chi connectivity index (χ0n) is 8.66. The lowest BCUT2D eigenvalue weighted by Gasteiger charge is -1.91. The van der Waals surface area contributed by atoms with Gasteiger partial charge in [-0.15, -0.1) is 0 Å². The first-order valence-electron chi connectivity index (χ1n) is 5.33. The Kier molecular flexibility index (Phi) is 10.8. The smallest absolute Gasteiger partial charge is 0.00489 e. The zero-order chi connectivity index (χ0) is 9.07. The van der Waals surface area contributed by atoms with E-state index in [2.05, 4.69) is 24.5 Å². The Morgan fingerprint density at radius 3 is 1.75 bits per heavy atom. The van der Waals surface area contributed by atoms with Gasteiger partial charge in [0.2, 0.25) is 0 Å². The third kappa shape index (κ3) is 9.92. The summed E-state index contributed by atoms with van der Waals surface area (Å²) in [6.07, 6.45) is 5.65. The Morgan fingerprint density at radius 1 is 0.917 bits per heavy atom. The summed E-state index contributed by atoms with van der Waals surface area (Å²) in [6.45, 7) is 8.89. The van der Waals surface area contributed by atoms with Crippen molar-refractivity contribution in [2.45, 2.75) is 39.5 Å². The van der Waals surface area contributed by atoms with Crippen LogP contribution in [-0.4, -0.2) is 26.2 Å². The first kappa shape index (κ1) is 11.9. The van der Waals surface area contributed by atoms with E-state index in [9.17, 15) is 0 Å². The Bertz CT molecular complexity index is 52.6. The topological polar surface area (TPSA) is 24.1 Å². The molecule has 1 saturated heterocycles. The average molecular weight is 172 g/mol. The highest BCUT2D eigenvalue weighted by Gasteiger charge is 1.94. The molecule has 0 aromatic rings. The van der Waals surface area contributed by atoms with E-state index in [1.54, 1.807) is 0 Å². The van der Waals surface area contributed by atoms with Crippen LogP contribution in [0.4, 0.5) is 0 Å². The number of hydrogen-bond donors (Lipinski definition) is 2. The van der Waals surface area contributed by atoms with Crippen LogP contribution in [0.2, 0.25) is 0 Å². The normalized spacial score (nSPS) is 17.5. The third-order valence-corrected chi connectivity index (χ3v) is 1.96. The molecule has 1 heterocycles. The van der Waals surface area contributed by atoms with Gasteiger partial charge in [-0.2, -0.15) is 0 Å². The minimum atomic E-state index is 1.09. The van der Waals surface area contributed by atoms with Gasteiger partial charge in [-0.05, 0) is 39.0 Å². The van der Waals surface area contributed by atoms with E-state index in [4.69, 9.17) is 0 Å². The molecule has 1 rings (SSSR count). The largest absolute Gasteiger partial charge is 0.317 e. The Hall–Kier alpha value is -0.0800. The number of nitrogens with one attached hydrogen (secondary N) is 2. The van der Waals surface area contributed by atoms with Gasteiger partial charge in [0.15, 0.2) is 0 Å². The minimum Gasteiger partial charge on any atom is -0.317 e. The maximum absolute atomic E-state index is 3.35. The molecule has 74 valence electrons. The molecular weight excluding hydrogens is 148 g/mol. The van der Waals surface area contributed by atoms with Crippen molar-refractivity contribution in [3.05, 3.63) is 0 Å². The third-order valence-electron chi connectivity index (χ3n) is 1.96. The minimum absolute atomic E-state index is 1.09. The number of rotatable bonds is 2. The van der Waals surface area contributed by atoms with E-state index in [1.165, 1.54) is 38.8 Å². The van der Waals surface area contributed by atoms with Crippen molar-refractivity contribution in [3.8, 4) is 0 Å². The second-order valence-electron chi connectivity index (χ2n) is 3.12. The quantitative estimate of drug-likeness (QED) is 0.663. The van der Waals surface area contributed by atoms with Crippen molar-refractivity contribution in [3.63, 3.8) is 0 Å². The van der Waals surface area contributed by atoms with Crippen molar-refractivity contribution in [2.75, 3.05) is 26.2 Å². The molecule has 1 aliphatic heterocycles. The summed E-state index contributed by atoms with van der Waals surface area (Å²) in [5.41, 5.74) is 0. The standard InChI is InChI=1S/C6H13N.C4H11N/c1-2-4-6-7-5-3-1;1-3-5-4-2/h7H,1-6H2;5H,3-4H2,1-2H3. The molecule has 0 aromatic heterocycles. The molecule has 1 fully saturated rings. The van der Waals surface area contributed by atoms with Crippen molar-refractivity contribution in [1.82, 2.24) is 10.6 Å². The fourth-order valence-corrected chi connectivity index (χ4v) is 1.23. The predicted octanol–water partition coefficient (Wildman–Crippen LogP) is 1.77. The van der Waals surface area contributed by atoms with E-state index >= 15 is 0 Å². The molecule has 0 amide bonds. The summed E-state index contributed by atoms with van der Waals surface area (Å²) < 4.78 is 0. The number of hydrogen-bond acceptors (Lipinski definition) is 2. The van der Waals surface area contributed by atoms with Crippen molar-refractivity contribution in [1.29, 1.82) is 0 Å². The van der Waals surface area contributed by atoms with Gasteiger partial charge in [0, 0.05) is 0 Å². The van der Waals surface area contributed by atoms with Crippen molar-refractivity contribution in [2.24, 2.45) is 0 Å². The van der Waals surface area contributed by atoms with Crippen molar-refractivity contribution >= 4 is 0 Å². The fraction of sp³-hybridized carbons (Fsp3) is 1.00. The lowest BCUT2D eigenvalue weighted by atomic mass is 10.2. The van der Waals surface area contributed by atoms with E-state index in [-0.39, 0.29) is 0 Å². The van der Waals surface area contributed by atoms with Gasteiger partial charge in [0.05, 0.1) is 0 Å². The maximum atomic E-state index is 3.35. The lowest BCUT2D eigenvalue weighted by Crippen LogP contribution is -2.12. The monoisotopic (exact) mass is 172 g/mol. The molecule has 0 unspecified atom stereocenters. The van der Waals surface area contributed by atoms with Crippen LogP contribution >= 0.6 is 0 Å². The Balaban J connectivity index is 0.000000217. The zero-order valence-corrected chi connectivity index (χ0v) is 8.66. The van der Waals surface area contributed by atoms with Gasteiger partial charge in [-0.25, -0.2) is 0 Å². The van der Waals surface area contributed by atoms with Gasteiger partial charge in [0.1, 0.15) is 0 Å². The first-order valence-corrected chi connectivity index (χ1v) is 5.33. The van der Waals surface area contributed by atoms with Crippen LogP contribution in [0.25, 0.3) is 0 Å². The molecule has 0 radical (unpaired) electrons. The van der Waals surface area contributed by atoms with Crippen LogP contribution in [0.5, 0.6) is 0 Å². The summed E-state index contributed by atoms with van der Waals surface area (Å²) in [5, 5.41) is 6.46. The molecule has 1 aliphatic rings. The van der Waals surface area contributed by atoms with Crippen LogP contribution in [-0.2, 0) is 0 Å². The highest BCUT2D eigenvalue weighted by Crippen LogP contribution is 2.00. The molecule has 0 bridgehead atoms. The summed E-state index contributed by atoms with van der Waals surface area (Å²) in [5.74, 6) is 0. The highest BCUT2D eigenvalue weighted by molar-refractivity contribution is 4.54. The van der Waals surface area contributed by atoms with E-state index in [0.29, 0.717) is 0 Å². The molecule has 2 nitrogen and oxygen atoms in total. The molecule has 0 atom stereocenters. The Labute approximate surface area is 77.1 Å². The molecule has 0 aromatic carbocycles. The highest BCUT2D eigenvalue weighted by atomic mass is 14.8. The molecule has 2 N–H and O–H groups in total. The molecule has 0 aliphatic carbocycles. The van der Waals surface area contributed by atoms with Crippen molar-refractivity contribution < 1.29 is 0 Å². The lowest BCUT2D eigenvalue weighted by molar-refractivity contribution is 0.702. The van der Waals surface area contributed by atoms with Gasteiger partial charge >= 0.3 is 0 Å². The van der Waals surface area contributed by atoms with Crippen LogP contribution in [0.15, 0.2) is 0 Å². The molecular formula is C10H24N2. The second-order valence-corrected chi connectivity index (χ2v) is 3.12. The first-order chi connectivity index (χ1) is 5.91. The summed E-state index contributed by atoms with van der Waals surface area (Å²) in [6, 6.07) is 0. The second kappa shape index (κ2) is 10.9. The molecule has 0 spiro atoms. The van der Waals surface area contributed by atoms with Gasteiger partial charge in [-0.1, -0.05) is 26.7 Å². The van der Waals surface area contributed by atoms with Crippen LogP contribution in [0.1, 0.15) is 39.5 Å². The maximum Gasteiger partial charge on any atom is -0.00489 e. The van der Waals surface area contributed by atoms with Gasteiger partial charge in [-0.3, -0.25) is 0 Å². The van der Waals surface area contributed by atoms with Crippen LogP contribution < -0.4 is 10.6 Å². The fourth-order valence-electron chi connectivity index (χ4n) is 1.23. The molecule has 12 heavy (non-hydrogen) atoms. The van der Waals surface area contributed by atoms with E-state index < -0.39 is 0 Å². The van der Waals surface area contributed by atoms with Crippen LogP contribution in [0, 0.1) is 0 Å². The van der Waals surface area contributed by atoms with E-state index in [1.807, 2.05) is 0 Å². The SMILES string of the molecule is C1CCCNCC1.CCNCC. The van der Waals surface area contributed by atoms with E-state index in [0.717, 1.165) is 13.1 Å². The average Bonchev–Trinajstić information content (AvgIpc) is 2.37. The van der Waals surface area contributed by atoms with Gasteiger partial charge in [0.25, 0.3) is 0 Å². The summed E-state index contributed by atoms with van der Waals surface area (Å²) in [7, 11) is 0. The summed E-state index contributed by atoms with van der Waals surface area (Å²) in [4.78, 5) is 0. The summed E-state index contributed by atoms with van der Waals surface area (Å²) >= 11 is 0. The predicted molar refractivity (Wildman–Crippen MR) is 55.6 cm³/mol. The Morgan fingerprint density at radius 2 is 1.42 bits per heavy atom. The van der Waals surface area contributed by atoms with Crippen LogP contribution in [0.3, 0.4) is 0 Å². The molecule has 2 heteroatoms. The van der Waals surface area contributed by atoms with Gasteiger partial charge < -0.3 is 10.6 Å². The molecule has 0 saturated carbocycles.